The van der Waals surface area contributed by atoms with Crippen LogP contribution in [0.2, 0.25) is 0 Å². The smallest absolute Gasteiger partial charge is 0.320 e. The first-order valence-electron chi connectivity index (χ1n) is 5.54. The molecule has 0 aliphatic carbocycles. The highest BCUT2D eigenvalue weighted by molar-refractivity contribution is 7.92. The second kappa shape index (κ2) is 6.53. The fourth-order valence-electron chi connectivity index (χ4n) is 1.54. The van der Waals surface area contributed by atoms with Crippen LogP contribution in [-0.2, 0) is 19.4 Å². The van der Waals surface area contributed by atoms with Gasteiger partial charge in [0.25, 0.3) is 0 Å². The maximum Gasteiger partial charge on any atom is 0.320 e. The van der Waals surface area contributed by atoms with E-state index in [2.05, 4.69) is 4.74 Å². The third kappa shape index (κ3) is 4.88. The van der Waals surface area contributed by atoms with Gasteiger partial charge in [0.1, 0.15) is 11.5 Å². The lowest BCUT2D eigenvalue weighted by molar-refractivity contribution is -0.137. The van der Waals surface area contributed by atoms with Gasteiger partial charge in [0.2, 0.25) is 0 Å². The molecule has 1 atom stereocenters. The minimum Gasteiger partial charge on any atom is -0.497 e. The Balaban J connectivity index is 2.78. The van der Waals surface area contributed by atoms with Crippen molar-refractivity contribution in [3.05, 3.63) is 29.8 Å². The van der Waals surface area contributed by atoms with Crippen LogP contribution in [0.25, 0.3) is 0 Å². The number of benzene rings is 1. The van der Waals surface area contributed by atoms with E-state index in [1.807, 2.05) is 0 Å². The van der Waals surface area contributed by atoms with Gasteiger partial charge in [0.15, 0.2) is 9.84 Å². The van der Waals surface area contributed by atoms with Crippen LogP contribution < -0.4 is 10.5 Å². The Labute approximate surface area is 112 Å². The predicted molar refractivity (Wildman–Crippen MR) is 70.6 cm³/mol. The van der Waals surface area contributed by atoms with Crippen molar-refractivity contribution >= 4 is 15.8 Å². The van der Waals surface area contributed by atoms with Gasteiger partial charge in [-0.05, 0) is 17.7 Å². The third-order valence-electron chi connectivity index (χ3n) is 2.52. The molecule has 0 aliphatic rings. The zero-order chi connectivity index (χ0) is 14.5. The summed E-state index contributed by atoms with van der Waals surface area (Å²) < 4.78 is 32.8. The van der Waals surface area contributed by atoms with Crippen LogP contribution in [0.4, 0.5) is 0 Å². The molecule has 0 radical (unpaired) electrons. The van der Waals surface area contributed by atoms with E-state index in [1.165, 1.54) is 7.11 Å². The zero-order valence-electron chi connectivity index (χ0n) is 10.8. The van der Waals surface area contributed by atoms with E-state index in [9.17, 15) is 13.2 Å². The van der Waals surface area contributed by atoms with Crippen molar-refractivity contribution in [2.45, 2.75) is 6.04 Å². The molecule has 0 saturated carbocycles. The van der Waals surface area contributed by atoms with Gasteiger partial charge in [-0.15, -0.1) is 0 Å². The summed E-state index contributed by atoms with van der Waals surface area (Å²) in [6.07, 6.45) is 0. The van der Waals surface area contributed by atoms with Crippen LogP contribution in [0.3, 0.4) is 0 Å². The summed E-state index contributed by atoms with van der Waals surface area (Å²) in [6, 6.07) is 6.11. The molecule has 1 unspecified atom stereocenters. The summed E-state index contributed by atoms with van der Waals surface area (Å²) in [5.74, 6) is -1.19. The number of esters is 1. The van der Waals surface area contributed by atoms with E-state index in [4.69, 9.17) is 10.5 Å². The number of carbonyl (C=O) groups excluding carboxylic acids is 1. The molecule has 2 N–H and O–H groups in total. The summed E-state index contributed by atoms with van der Waals surface area (Å²) in [5, 5.41) is 0. The molecule has 0 aliphatic heterocycles. The quantitative estimate of drug-likeness (QED) is 0.755. The van der Waals surface area contributed by atoms with Crippen molar-refractivity contribution in [2.24, 2.45) is 5.73 Å². The van der Waals surface area contributed by atoms with E-state index < -0.39 is 27.6 Å². The first kappa shape index (κ1) is 15.5. The Morgan fingerprint density at radius 1 is 1.37 bits per heavy atom. The van der Waals surface area contributed by atoms with Crippen molar-refractivity contribution in [3.63, 3.8) is 0 Å². The SMILES string of the molecule is COC(=O)CS(=O)(=O)CC(N)c1cccc(OC)c1. The Morgan fingerprint density at radius 2 is 2.05 bits per heavy atom. The summed E-state index contributed by atoms with van der Waals surface area (Å²) >= 11 is 0. The largest absolute Gasteiger partial charge is 0.497 e. The van der Waals surface area contributed by atoms with Gasteiger partial charge in [0.05, 0.1) is 20.0 Å². The average molecular weight is 287 g/mol. The summed E-state index contributed by atoms with van der Waals surface area (Å²) in [4.78, 5) is 11.0. The first-order valence-corrected chi connectivity index (χ1v) is 7.37. The number of ether oxygens (including phenoxy) is 2. The number of hydrogen-bond donors (Lipinski definition) is 1. The summed E-state index contributed by atoms with van der Waals surface area (Å²) in [5.41, 5.74) is 6.47. The van der Waals surface area contributed by atoms with Crippen LogP contribution in [0.1, 0.15) is 11.6 Å². The van der Waals surface area contributed by atoms with E-state index >= 15 is 0 Å². The molecule has 1 aromatic rings. The molecule has 0 saturated heterocycles. The Bertz CT molecular complexity index is 541. The minimum absolute atomic E-state index is 0.324. The fourth-order valence-corrected chi connectivity index (χ4v) is 2.87. The Kier molecular flexibility index (Phi) is 5.31. The normalized spacial score (nSPS) is 12.8. The number of carbonyl (C=O) groups is 1. The lowest BCUT2D eigenvalue weighted by Gasteiger charge is -2.13. The molecule has 1 aromatic carbocycles. The maximum atomic E-state index is 11.7. The van der Waals surface area contributed by atoms with Gasteiger partial charge in [-0.3, -0.25) is 4.79 Å². The Morgan fingerprint density at radius 3 is 2.63 bits per heavy atom. The van der Waals surface area contributed by atoms with Crippen molar-refractivity contribution in [1.82, 2.24) is 0 Å². The van der Waals surface area contributed by atoms with E-state index in [-0.39, 0.29) is 5.75 Å². The second-order valence-corrected chi connectivity index (χ2v) is 6.12. The van der Waals surface area contributed by atoms with Gasteiger partial charge in [0, 0.05) is 6.04 Å². The summed E-state index contributed by atoms with van der Waals surface area (Å²) in [6.45, 7) is 0. The molecule has 0 aromatic heterocycles. The highest BCUT2D eigenvalue weighted by Crippen LogP contribution is 2.19. The molecule has 0 fully saturated rings. The van der Waals surface area contributed by atoms with E-state index in [0.717, 1.165) is 7.11 Å². The van der Waals surface area contributed by atoms with Gasteiger partial charge < -0.3 is 15.2 Å². The third-order valence-corrected chi connectivity index (χ3v) is 4.06. The topological polar surface area (TPSA) is 95.7 Å². The molecular weight excluding hydrogens is 270 g/mol. The van der Waals surface area contributed by atoms with Gasteiger partial charge in [-0.1, -0.05) is 12.1 Å². The number of nitrogens with two attached hydrogens (primary N) is 1. The Hall–Kier alpha value is -1.60. The van der Waals surface area contributed by atoms with Crippen LogP contribution >= 0.6 is 0 Å². The van der Waals surface area contributed by atoms with E-state index in [0.29, 0.717) is 11.3 Å². The molecule has 0 amide bonds. The molecule has 0 bridgehead atoms. The molecular formula is C12H17NO5S. The van der Waals surface area contributed by atoms with Crippen LogP contribution in [0.15, 0.2) is 24.3 Å². The monoisotopic (exact) mass is 287 g/mol. The van der Waals surface area contributed by atoms with Gasteiger partial charge >= 0.3 is 5.97 Å². The first-order chi connectivity index (χ1) is 8.88. The number of hydrogen-bond acceptors (Lipinski definition) is 6. The van der Waals surface area contributed by atoms with Crippen LogP contribution in [-0.4, -0.2) is 40.1 Å². The number of methoxy groups -OCH3 is 2. The van der Waals surface area contributed by atoms with Crippen molar-refractivity contribution in [1.29, 1.82) is 0 Å². The lowest BCUT2D eigenvalue weighted by atomic mass is 10.1. The van der Waals surface area contributed by atoms with Crippen molar-refractivity contribution < 1.29 is 22.7 Å². The molecule has 0 heterocycles. The van der Waals surface area contributed by atoms with E-state index in [1.54, 1.807) is 24.3 Å². The van der Waals surface area contributed by atoms with Gasteiger partial charge in [-0.25, -0.2) is 8.42 Å². The van der Waals surface area contributed by atoms with Crippen molar-refractivity contribution in [3.8, 4) is 5.75 Å². The standard InChI is InChI=1S/C12H17NO5S/c1-17-10-5-3-4-9(6-10)11(13)7-19(15,16)8-12(14)18-2/h3-6,11H,7-8,13H2,1-2H3. The highest BCUT2D eigenvalue weighted by Gasteiger charge is 2.21. The van der Waals surface area contributed by atoms with Crippen LogP contribution in [0, 0.1) is 0 Å². The maximum absolute atomic E-state index is 11.7. The molecule has 0 spiro atoms. The second-order valence-electron chi connectivity index (χ2n) is 4.01. The average Bonchev–Trinajstić information content (AvgIpc) is 2.37. The number of sulfone groups is 1. The molecule has 1 rings (SSSR count). The molecule has 106 valence electrons. The van der Waals surface area contributed by atoms with Crippen molar-refractivity contribution in [2.75, 3.05) is 25.7 Å². The molecule has 7 heteroatoms. The highest BCUT2D eigenvalue weighted by atomic mass is 32.2. The van der Waals surface area contributed by atoms with Crippen LogP contribution in [0.5, 0.6) is 5.75 Å². The minimum atomic E-state index is -3.60. The predicted octanol–water partition coefficient (Wildman–Crippen LogP) is 0.283. The summed E-state index contributed by atoms with van der Waals surface area (Å²) in [7, 11) is -0.949. The number of rotatable bonds is 6. The fraction of sp³-hybridized carbons (Fsp3) is 0.417. The lowest BCUT2D eigenvalue weighted by Crippen LogP contribution is -2.27. The zero-order valence-corrected chi connectivity index (χ0v) is 11.6. The van der Waals surface area contributed by atoms with Gasteiger partial charge in [-0.2, -0.15) is 0 Å². The molecule has 6 nitrogen and oxygen atoms in total. The molecule has 19 heavy (non-hydrogen) atoms.